The summed E-state index contributed by atoms with van der Waals surface area (Å²) >= 11 is 0. The van der Waals surface area contributed by atoms with Crippen LogP contribution in [0.1, 0.15) is 296 Å². The van der Waals surface area contributed by atoms with E-state index in [2.05, 4.69) is 31.3 Å². The molecule has 4 nitrogen and oxygen atoms in total. The zero-order chi connectivity index (χ0) is 40.7. The Morgan fingerprint density at radius 3 is 1.04 bits per heavy atom. The van der Waals surface area contributed by atoms with Crippen LogP contribution in [0.4, 0.5) is 0 Å². The van der Waals surface area contributed by atoms with Gasteiger partial charge < -0.3 is 10.4 Å². The molecule has 0 radical (unpaired) electrons. The average molecular weight is 788 g/mol. The van der Waals surface area contributed by atoms with Crippen LogP contribution in [0.15, 0.2) is 12.2 Å². The fraction of sp³-hybridized carbons (Fsp3) is 0.923. The number of aliphatic hydroxyl groups is 1. The summed E-state index contributed by atoms with van der Waals surface area (Å²) in [6.07, 6.45) is 59.5. The zero-order valence-electron chi connectivity index (χ0n) is 38.3. The van der Waals surface area contributed by atoms with E-state index in [0.717, 1.165) is 51.4 Å². The molecule has 1 amide bonds. The van der Waals surface area contributed by atoms with E-state index in [4.69, 9.17) is 0 Å². The minimum Gasteiger partial charge on any atom is -0.391 e. The number of allylic oxidation sites excluding steroid dienone is 2. The van der Waals surface area contributed by atoms with Crippen LogP contribution >= 0.6 is 0 Å². The lowest BCUT2D eigenvalue weighted by Crippen LogP contribution is -2.31. The lowest BCUT2D eigenvalue weighted by molar-refractivity contribution is -0.121. The van der Waals surface area contributed by atoms with Crippen molar-refractivity contribution in [1.29, 1.82) is 0 Å². The number of ketones is 1. The van der Waals surface area contributed by atoms with Gasteiger partial charge in [-0.2, -0.15) is 0 Å². The average Bonchev–Trinajstić information content (AvgIpc) is 3.20. The number of carbonyl (C=O) groups excluding carboxylic acids is 2. The molecule has 0 saturated carbocycles. The van der Waals surface area contributed by atoms with E-state index in [-0.39, 0.29) is 5.91 Å². The molecule has 0 fully saturated rings. The molecule has 0 rings (SSSR count). The summed E-state index contributed by atoms with van der Waals surface area (Å²) in [6, 6.07) is 0. The largest absolute Gasteiger partial charge is 0.391 e. The lowest BCUT2D eigenvalue weighted by atomic mass is 10.0. The maximum atomic E-state index is 12.2. The monoisotopic (exact) mass is 788 g/mol. The number of Topliss-reactive ketones (excluding diaryl/α,β-unsaturated/α-hetero) is 1. The van der Waals surface area contributed by atoms with Gasteiger partial charge in [0.1, 0.15) is 5.78 Å². The van der Waals surface area contributed by atoms with Crippen molar-refractivity contribution >= 4 is 11.7 Å². The standard InChI is InChI=1S/C52H101NO3/c1-3-5-7-9-11-13-15-17-19-22-25-29-33-37-41-45-50(54)46-42-38-34-30-26-23-20-24-28-32-36-40-44-48-52(56)53-49-51(55)47-43-39-35-31-27-21-18-16-14-12-10-8-6-4-2/h17,19,51,55H,3-16,18,20-49H2,1-2H3,(H,53,56). The zero-order valence-corrected chi connectivity index (χ0v) is 38.3. The van der Waals surface area contributed by atoms with E-state index in [9.17, 15) is 14.7 Å². The first-order chi connectivity index (χ1) is 27.6. The molecule has 0 aromatic carbocycles. The van der Waals surface area contributed by atoms with Gasteiger partial charge in [-0.3, -0.25) is 9.59 Å². The Kier molecular flexibility index (Phi) is 47.2. The molecule has 0 aromatic heterocycles. The van der Waals surface area contributed by atoms with Gasteiger partial charge in [0, 0.05) is 25.8 Å². The van der Waals surface area contributed by atoms with Gasteiger partial charge in [-0.15, -0.1) is 0 Å². The van der Waals surface area contributed by atoms with Gasteiger partial charge in [-0.1, -0.05) is 238 Å². The first kappa shape index (κ1) is 54.8. The summed E-state index contributed by atoms with van der Waals surface area (Å²) in [6.45, 7) is 4.97. The normalized spacial score (nSPS) is 12.2. The maximum absolute atomic E-state index is 12.2. The number of rotatable bonds is 48. The number of nitrogens with one attached hydrogen (secondary N) is 1. The molecule has 4 heteroatoms. The second kappa shape index (κ2) is 48.2. The van der Waals surface area contributed by atoms with E-state index < -0.39 is 6.10 Å². The van der Waals surface area contributed by atoms with E-state index in [1.165, 1.54) is 225 Å². The molecular weight excluding hydrogens is 687 g/mol. The number of hydrogen-bond acceptors (Lipinski definition) is 3. The lowest BCUT2D eigenvalue weighted by Gasteiger charge is -2.12. The molecule has 1 atom stereocenters. The second-order valence-electron chi connectivity index (χ2n) is 17.8. The van der Waals surface area contributed by atoms with Crippen molar-refractivity contribution in [2.24, 2.45) is 0 Å². The van der Waals surface area contributed by atoms with Crippen molar-refractivity contribution in [3.8, 4) is 0 Å². The SMILES string of the molecule is CCCCCCCCC=CCCCCCCCC(=O)CCCCCCCCCCCCCCCC(=O)NCC(O)CCCCCCCCCCCCCCCC. The minimum absolute atomic E-state index is 0.102. The summed E-state index contributed by atoms with van der Waals surface area (Å²) in [5.74, 6) is 0.594. The van der Waals surface area contributed by atoms with E-state index >= 15 is 0 Å². The quantitative estimate of drug-likeness (QED) is 0.0477. The van der Waals surface area contributed by atoms with Crippen LogP contribution in [0, 0.1) is 0 Å². The van der Waals surface area contributed by atoms with Gasteiger partial charge in [0.05, 0.1) is 6.10 Å². The smallest absolute Gasteiger partial charge is 0.220 e. The molecule has 332 valence electrons. The summed E-state index contributed by atoms with van der Waals surface area (Å²) < 4.78 is 0. The fourth-order valence-corrected chi connectivity index (χ4v) is 8.07. The molecule has 0 saturated heterocycles. The Morgan fingerprint density at radius 1 is 0.393 bits per heavy atom. The molecular formula is C52H101NO3. The Morgan fingerprint density at radius 2 is 0.679 bits per heavy atom. The molecule has 0 aliphatic rings. The van der Waals surface area contributed by atoms with Crippen molar-refractivity contribution in [2.75, 3.05) is 6.54 Å². The Bertz CT molecular complexity index is 810. The highest BCUT2D eigenvalue weighted by Gasteiger charge is 2.07. The number of carbonyl (C=O) groups is 2. The third-order valence-electron chi connectivity index (χ3n) is 12.0. The summed E-state index contributed by atoms with van der Waals surface area (Å²) in [4.78, 5) is 24.4. The number of hydrogen-bond donors (Lipinski definition) is 2. The Balaban J connectivity index is 3.30. The fourth-order valence-electron chi connectivity index (χ4n) is 8.07. The predicted molar refractivity (Wildman–Crippen MR) is 248 cm³/mol. The van der Waals surface area contributed by atoms with Gasteiger partial charge >= 0.3 is 0 Å². The van der Waals surface area contributed by atoms with E-state index in [1.807, 2.05) is 0 Å². The number of amides is 1. The first-order valence-electron chi connectivity index (χ1n) is 25.7. The number of unbranched alkanes of at least 4 members (excludes halogenated alkanes) is 36. The molecule has 0 heterocycles. The van der Waals surface area contributed by atoms with E-state index in [1.54, 1.807) is 0 Å². The summed E-state index contributed by atoms with van der Waals surface area (Å²) in [5.41, 5.74) is 0. The highest BCUT2D eigenvalue weighted by Crippen LogP contribution is 2.16. The van der Waals surface area contributed by atoms with Crippen molar-refractivity contribution < 1.29 is 14.7 Å². The third-order valence-corrected chi connectivity index (χ3v) is 12.0. The molecule has 2 N–H and O–H groups in total. The van der Waals surface area contributed by atoms with Crippen molar-refractivity contribution in [3.05, 3.63) is 12.2 Å². The molecule has 0 aliphatic carbocycles. The van der Waals surface area contributed by atoms with Gasteiger partial charge in [0.2, 0.25) is 5.91 Å². The Labute approximate surface area is 351 Å². The van der Waals surface area contributed by atoms with Crippen molar-refractivity contribution in [1.82, 2.24) is 5.32 Å². The van der Waals surface area contributed by atoms with Crippen LogP contribution in [0.25, 0.3) is 0 Å². The van der Waals surface area contributed by atoms with Crippen LogP contribution in [0.3, 0.4) is 0 Å². The van der Waals surface area contributed by atoms with Gasteiger partial charge in [-0.25, -0.2) is 0 Å². The van der Waals surface area contributed by atoms with Gasteiger partial charge in [-0.05, 0) is 51.4 Å². The van der Waals surface area contributed by atoms with E-state index in [0.29, 0.717) is 18.7 Å². The first-order valence-corrected chi connectivity index (χ1v) is 25.7. The van der Waals surface area contributed by atoms with Crippen LogP contribution in [-0.4, -0.2) is 29.4 Å². The molecule has 0 spiro atoms. The molecule has 1 unspecified atom stereocenters. The van der Waals surface area contributed by atoms with Gasteiger partial charge in [0.15, 0.2) is 0 Å². The van der Waals surface area contributed by atoms with Gasteiger partial charge in [0.25, 0.3) is 0 Å². The minimum atomic E-state index is -0.399. The van der Waals surface area contributed by atoms with Crippen molar-refractivity contribution in [3.63, 3.8) is 0 Å². The molecule has 0 bridgehead atoms. The summed E-state index contributed by atoms with van der Waals surface area (Å²) in [7, 11) is 0. The van der Waals surface area contributed by atoms with Crippen LogP contribution in [-0.2, 0) is 9.59 Å². The number of aliphatic hydroxyl groups excluding tert-OH is 1. The highest BCUT2D eigenvalue weighted by atomic mass is 16.3. The topological polar surface area (TPSA) is 66.4 Å². The maximum Gasteiger partial charge on any atom is 0.220 e. The van der Waals surface area contributed by atoms with Crippen LogP contribution in [0.5, 0.6) is 0 Å². The van der Waals surface area contributed by atoms with Crippen LogP contribution < -0.4 is 5.32 Å². The highest BCUT2D eigenvalue weighted by molar-refractivity contribution is 5.78. The second-order valence-corrected chi connectivity index (χ2v) is 17.8. The molecule has 0 aliphatic heterocycles. The third kappa shape index (κ3) is 47.2. The molecule has 0 aromatic rings. The summed E-state index contributed by atoms with van der Waals surface area (Å²) in [5, 5.41) is 13.2. The predicted octanol–water partition coefficient (Wildman–Crippen LogP) is 16.8. The molecule has 56 heavy (non-hydrogen) atoms. The Hall–Kier alpha value is -1.16. The van der Waals surface area contributed by atoms with Crippen molar-refractivity contribution in [2.45, 2.75) is 302 Å². The van der Waals surface area contributed by atoms with Crippen LogP contribution in [0.2, 0.25) is 0 Å².